The topological polar surface area (TPSA) is 49.4 Å². The molecule has 30 heavy (non-hydrogen) atoms. The van der Waals surface area contributed by atoms with Crippen molar-refractivity contribution < 1.29 is 9.59 Å². The van der Waals surface area contributed by atoms with E-state index in [-0.39, 0.29) is 30.8 Å². The number of hydrogen-bond acceptors (Lipinski definition) is 2. The fraction of sp³-hybridized carbons (Fsp3) is 0.417. The lowest BCUT2D eigenvalue weighted by atomic mass is 10.0. The first-order chi connectivity index (χ1) is 14.1. The van der Waals surface area contributed by atoms with Gasteiger partial charge in [0.05, 0.1) is 6.42 Å². The molecule has 4 nitrogen and oxygen atoms in total. The molecule has 0 aliphatic heterocycles. The molecule has 6 heteroatoms. The van der Waals surface area contributed by atoms with Gasteiger partial charge in [-0.2, -0.15) is 0 Å². The van der Waals surface area contributed by atoms with E-state index < -0.39 is 6.04 Å². The molecule has 1 unspecified atom stereocenters. The van der Waals surface area contributed by atoms with Gasteiger partial charge in [0.25, 0.3) is 0 Å². The molecule has 0 bridgehead atoms. The minimum Gasteiger partial charge on any atom is -0.352 e. The maximum Gasteiger partial charge on any atom is 0.243 e. The Hall–Kier alpha value is -2.04. The normalized spacial score (nSPS) is 12.0. The second-order valence-corrected chi connectivity index (χ2v) is 8.72. The van der Waals surface area contributed by atoms with E-state index in [0.717, 1.165) is 11.1 Å². The molecule has 0 fully saturated rings. The summed E-state index contributed by atoms with van der Waals surface area (Å²) >= 11 is 12.7. The molecule has 0 radical (unpaired) electrons. The Bertz CT molecular complexity index is 892. The van der Waals surface area contributed by atoms with E-state index in [1.54, 1.807) is 23.1 Å². The van der Waals surface area contributed by atoms with Crippen molar-refractivity contribution in [2.45, 2.75) is 66.1 Å². The number of nitrogens with one attached hydrogen (secondary N) is 1. The molecule has 0 spiro atoms. The lowest BCUT2D eigenvalue weighted by Gasteiger charge is -2.32. The average Bonchev–Trinajstić information content (AvgIpc) is 2.66. The Balaban J connectivity index is 2.39. The van der Waals surface area contributed by atoms with E-state index >= 15 is 0 Å². The second kappa shape index (κ2) is 10.8. The van der Waals surface area contributed by atoms with Crippen molar-refractivity contribution in [1.29, 1.82) is 0 Å². The summed E-state index contributed by atoms with van der Waals surface area (Å²) in [6.45, 7) is 9.93. The number of nitrogens with zero attached hydrogens (tertiary/aromatic N) is 1. The molecule has 0 saturated carbocycles. The van der Waals surface area contributed by atoms with Gasteiger partial charge in [0, 0.05) is 28.2 Å². The van der Waals surface area contributed by atoms with E-state index in [0.29, 0.717) is 22.0 Å². The van der Waals surface area contributed by atoms with Crippen molar-refractivity contribution >= 4 is 35.0 Å². The largest absolute Gasteiger partial charge is 0.352 e. The third-order valence-corrected chi connectivity index (χ3v) is 5.84. The molecule has 0 aliphatic carbocycles. The maximum absolute atomic E-state index is 13.4. The van der Waals surface area contributed by atoms with E-state index in [4.69, 9.17) is 23.2 Å². The zero-order chi connectivity index (χ0) is 22.4. The van der Waals surface area contributed by atoms with Gasteiger partial charge in [-0.05, 0) is 62.9 Å². The highest BCUT2D eigenvalue weighted by Gasteiger charge is 2.30. The van der Waals surface area contributed by atoms with Crippen LogP contribution in [0.15, 0.2) is 36.4 Å². The van der Waals surface area contributed by atoms with Crippen LogP contribution in [-0.4, -0.2) is 28.8 Å². The Morgan fingerprint density at radius 2 is 1.67 bits per heavy atom. The van der Waals surface area contributed by atoms with Crippen LogP contribution in [-0.2, 0) is 22.6 Å². The molecule has 0 saturated heterocycles. The molecule has 2 aromatic carbocycles. The van der Waals surface area contributed by atoms with Gasteiger partial charge < -0.3 is 10.2 Å². The zero-order valence-corrected chi connectivity index (χ0v) is 19.8. The summed E-state index contributed by atoms with van der Waals surface area (Å²) in [6, 6.07) is 10.6. The molecule has 2 aromatic rings. The summed E-state index contributed by atoms with van der Waals surface area (Å²) in [5.41, 5.74) is 3.86. The molecule has 2 rings (SSSR count). The number of amides is 2. The highest BCUT2D eigenvalue weighted by molar-refractivity contribution is 6.36. The summed E-state index contributed by atoms with van der Waals surface area (Å²) in [5, 5.41) is 3.88. The third kappa shape index (κ3) is 6.23. The Labute approximate surface area is 189 Å². The lowest BCUT2D eigenvalue weighted by molar-refractivity contribution is -0.141. The van der Waals surface area contributed by atoms with Gasteiger partial charge in [-0.15, -0.1) is 0 Å². The second-order valence-electron chi connectivity index (χ2n) is 7.90. The zero-order valence-electron chi connectivity index (χ0n) is 18.3. The fourth-order valence-corrected chi connectivity index (χ4v) is 3.86. The fourth-order valence-electron chi connectivity index (χ4n) is 3.34. The number of carbonyl (C=O) groups excluding carboxylic acids is 2. The van der Waals surface area contributed by atoms with Gasteiger partial charge in [-0.1, -0.05) is 54.4 Å². The van der Waals surface area contributed by atoms with Crippen LogP contribution in [0.1, 0.15) is 49.4 Å². The van der Waals surface area contributed by atoms with Crippen molar-refractivity contribution in [2.75, 3.05) is 0 Å². The monoisotopic (exact) mass is 448 g/mol. The van der Waals surface area contributed by atoms with E-state index in [2.05, 4.69) is 5.32 Å². The summed E-state index contributed by atoms with van der Waals surface area (Å²) in [5.74, 6) is -0.316. The summed E-state index contributed by atoms with van der Waals surface area (Å²) in [4.78, 5) is 27.9. The molecule has 162 valence electrons. The standard InChI is InChI=1S/C24H30Cl2N2O2/c1-6-22(24(30)27-15(2)3)28(14-19-20(25)8-7-9-21(19)26)23(29)13-18-11-10-16(4)17(5)12-18/h7-12,15,22H,6,13-14H2,1-5H3,(H,27,30). The lowest BCUT2D eigenvalue weighted by Crippen LogP contribution is -2.50. The van der Waals surface area contributed by atoms with Gasteiger partial charge in [0.15, 0.2) is 0 Å². The Kier molecular flexibility index (Phi) is 8.75. The van der Waals surface area contributed by atoms with Crippen LogP contribution in [0, 0.1) is 13.8 Å². The number of aryl methyl sites for hydroxylation is 2. The average molecular weight is 449 g/mol. The smallest absolute Gasteiger partial charge is 0.243 e. The highest BCUT2D eigenvalue weighted by Crippen LogP contribution is 2.27. The van der Waals surface area contributed by atoms with Crippen molar-refractivity contribution in [3.05, 3.63) is 68.7 Å². The number of hydrogen-bond donors (Lipinski definition) is 1. The SMILES string of the molecule is CCC(C(=O)NC(C)C)N(Cc1c(Cl)cccc1Cl)C(=O)Cc1ccc(C)c(C)c1. The van der Waals surface area contributed by atoms with Gasteiger partial charge in [-0.3, -0.25) is 9.59 Å². The van der Waals surface area contributed by atoms with Crippen LogP contribution >= 0.6 is 23.2 Å². The number of halogens is 2. The van der Waals surface area contributed by atoms with Gasteiger partial charge in [-0.25, -0.2) is 0 Å². The van der Waals surface area contributed by atoms with Crippen LogP contribution in [0.25, 0.3) is 0 Å². The number of rotatable bonds is 8. The van der Waals surface area contributed by atoms with Gasteiger partial charge in [0.2, 0.25) is 11.8 Å². The highest BCUT2D eigenvalue weighted by atomic mass is 35.5. The molecule has 0 aliphatic rings. The predicted molar refractivity (Wildman–Crippen MR) is 124 cm³/mol. The Morgan fingerprint density at radius 1 is 1.03 bits per heavy atom. The van der Waals surface area contributed by atoms with E-state index in [1.807, 2.05) is 52.8 Å². The molecule has 2 amide bonds. The molecular weight excluding hydrogens is 419 g/mol. The van der Waals surface area contributed by atoms with Crippen LogP contribution in [0.2, 0.25) is 10.0 Å². The van der Waals surface area contributed by atoms with Crippen LogP contribution in [0.3, 0.4) is 0 Å². The van der Waals surface area contributed by atoms with Crippen molar-refractivity contribution in [2.24, 2.45) is 0 Å². The predicted octanol–water partition coefficient (Wildman–Crippen LogP) is 5.48. The minimum atomic E-state index is -0.612. The molecule has 0 aromatic heterocycles. The summed E-state index contributed by atoms with van der Waals surface area (Å²) in [7, 11) is 0. The maximum atomic E-state index is 13.4. The molecule has 1 N–H and O–H groups in total. The molecule has 0 heterocycles. The van der Waals surface area contributed by atoms with E-state index in [9.17, 15) is 9.59 Å². The van der Waals surface area contributed by atoms with Crippen molar-refractivity contribution in [3.63, 3.8) is 0 Å². The number of carbonyl (C=O) groups is 2. The van der Waals surface area contributed by atoms with E-state index in [1.165, 1.54) is 5.56 Å². The van der Waals surface area contributed by atoms with Crippen molar-refractivity contribution in [1.82, 2.24) is 10.2 Å². The number of benzene rings is 2. The van der Waals surface area contributed by atoms with Crippen LogP contribution in [0.5, 0.6) is 0 Å². The van der Waals surface area contributed by atoms with Crippen LogP contribution < -0.4 is 5.32 Å². The minimum absolute atomic E-state index is 0.0212. The van der Waals surface area contributed by atoms with Crippen LogP contribution in [0.4, 0.5) is 0 Å². The third-order valence-electron chi connectivity index (χ3n) is 5.13. The first-order valence-corrected chi connectivity index (χ1v) is 11.0. The first kappa shape index (κ1) is 24.2. The summed E-state index contributed by atoms with van der Waals surface area (Å²) in [6.07, 6.45) is 0.688. The Morgan fingerprint density at radius 3 is 2.20 bits per heavy atom. The van der Waals surface area contributed by atoms with Gasteiger partial charge >= 0.3 is 0 Å². The van der Waals surface area contributed by atoms with Crippen molar-refractivity contribution in [3.8, 4) is 0 Å². The molecule has 1 atom stereocenters. The summed E-state index contributed by atoms with van der Waals surface area (Å²) < 4.78 is 0. The first-order valence-electron chi connectivity index (χ1n) is 10.2. The molecular formula is C24H30Cl2N2O2. The quantitative estimate of drug-likeness (QED) is 0.580. The van der Waals surface area contributed by atoms with Gasteiger partial charge in [0.1, 0.15) is 6.04 Å².